The minimum Gasteiger partial charge on any atom is -0.465 e. The topological polar surface area (TPSA) is 96.3 Å². The average Bonchev–Trinajstić information content (AvgIpc) is 3.11. The van der Waals surface area contributed by atoms with Crippen LogP contribution in [-0.4, -0.2) is 135 Å². The van der Waals surface area contributed by atoms with Crippen molar-refractivity contribution >= 4 is 11.9 Å². The van der Waals surface area contributed by atoms with Gasteiger partial charge in [0.15, 0.2) is 0 Å². The molecule has 328 valence electrons. The number of aliphatic hydroxyl groups is 2. The van der Waals surface area contributed by atoms with Gasteiger partial charge in [0.25, 0.3) is 0 Å². The van der Waals surface area contributed by atoms with Crippen molar-refractivity contribution in [2.24, 2.45) is 0 Å². The summed E-state index contributed by atoms with van der Waals surface area (Å²) < 4.78 is 12.4. The van der Waals surface area contributed by atoms with Gasteiger partial charge in [-0.05, 0) is 25.8 Å². The van der Waals surface area contributed by atoms with Crippen molar-refractivity contribution in [1.82, 2.24) is 4.90 Å². The summed E-state index contributed by atoms with van der Waals surface area (Å²) in [4.78, 5) is 26.7. The van der Waals surface area contributed by atoms with Gasteiger partial charge in [-0.25, -0.2) is 0 Å². The number of carbonyl (C=O) groups is 2. The van der Waals surface area contributed by atoms with Gasteiger partial charge in [0.05, 0.1) is 54.5 Å². The van der Waals surface area contributed by atoms with Crippen LogP contribution in [0.25, 0.3) is 0 Å². The standard InChI is InChI=1S/C46H95N3O6/c1-8-11-14-17-19-21-23-25-27-32-45(52)54-37-30-35-48(4,5)41-43(50)39-47(34-29-16-13-10-3)40-44(51)42-49(6,7)36-31-38-55-46(53)33-28-26-24-22-20-18-15-12-9-2/h43-44,50-51H,8-42H2,1-7H3/q+2. The molecule has 0 fully saturated rings. The van der Waals surface area contributed by atoms with Crippen LogP contribution >= 0.6 is 0 Å². The summed E-state index contributed by atoms with van der Waals surface area (Å²) in [6.07, 6.45) is 28.3. The maximum Gasteiger partial charge on any atom is 0.305 e. The third-order valence-electron chi connectivity index (χ3n) is 11.0. The molecule has 2 unspecified atom stereocenters. The van der Waals surface area contributed by atoms with Crippen molar-refractivity contribution in [1.29, 1.82) is 0 Å². The lowest BCUT2D eigenvalue weighted by atomic mass is 10.1. The SMILES string of the molecule is CCCCCCCCCCCC(=O)OCCC[N+](C)(C)CC(O)CN(CCCCCC)CC(O)C[N+](C)(C)CCCOC(=O)CCCCCCCCCCC. The van der Waals surface area contributed by atoms with Crippen LogP contribution in [0.2, 0.25) is 0 Å². The van der Waals surface area contributed by atoms with Gasteiger partial charge in [-0.15, -0.1) is 0 Å². The Morgan fingerprint density at radius 2 is 0.782 bits per heavy atom. The Kier molecular flexibility index (Phi) is 35.0. The number of likely N-dealkylation sites (N-methyl/N-ethyl adjacent to an activating group) is 2. The number of carbonyl (C=O) groups excluding carboxylic acids is 2. The van der Waals surface area contributed by atoms with Crippen LogP contribution in [0, 0.1) is 0 Å². The zero-order valence-electron chi connectivity index (χ0n) is 37.8. The van der Waals surface area contributed by atoms with Crippen LogP contribution in [-0.2, 0) is 19.1 Å². The lowest BCUT2D eigenvalue weighted by molar-refractivity contribution is -0.893. The van der Waals surface area contributed by atoms with Crippen LogP contribution in [0.4, 0.5) is 0 Å². The maximum atomic E-state index is 12.2. The Morgan fingerprint density at radius 1 is 0.473 bits per heavy atom. The average molecular weight is 786 g/mol. The number of unbranched alkanes of at least 4 members (excludes halogenated alkanes) is 19. The molecule has 2 atom stereocenters. The quantitative estimate of drug-likeness (QED) is 0.0362. The van der Waals surface area contributed by atoms with E-state index in [0.29, 0.717) is 61.2 Å². The van der Waals surface area contributed by atoms with Crippen LogP contribution in [0.5, 0.6) is 0 Å². The first-order chi connectivity index (χ1) is 26.3. The van der Waals surface area contributed by atoms with Gasteiger partial charge in [-0.2, -0.15) is 0 Å². The monoisotopic (exact) mass is 786 g/mol. The van der Waals surface area contributed by atoms with Crippen LogP contribution < -0.4 is 0 Å². The Balaban J connectivity index is 4.46. The summed E-state index contributed by atoms with van der Waals surface area (Å²) in [7, 11) is 8.51. The smallest absolute Gasteiger partial charge is 0.305 e. The summed E-state index contributed by atoms with van der Waals surface area (Å²) in [5.41, 5.74) is 0. The fourth-order valence-electron chi connectivity index (χ4n) is 7.72. The minimum atomic E-state index is -0.518. The zero-order chi connectivity index (χ0) is 41.0. The Labute approximate surface area is 341 Å². The van der Waals surface area contributed by atoms with Gasteiger partial charge in [0.2, 0.25) is 0 Å². The first-order valence-corrected chi connectivity index (χ1v) is 23.4. The number of quaternary nitrogens is 2. The molecule has 0 radical (unpaired) electrons. The number of rotatable bonds is 41. The van der Waals surface area contributed by atoms with E-state index in [1.165, 1.54) is 103 Å². The first-order valence-electron chi connectivity index (χ1n) is 23.4. The molecule has 0 aromatic carbocycles. The molecular weight excluding hydrogens is 691 g/mol. The molecule has 0 bridgehead atoms. The molecule has 0 aliphatic rings. The molecule has 2 N–H and O–H groups in total. The summed E-state index contributed by atoms with van der Waals surface area (Å²) in [5.74, 6) is -0.175. The number of aliphatic hydroxyl groups excluding tert-OH is 2. The third kappa shape index (κ3) is 36.8. The molecule has 0 aliphatic carbocycles. The highest BCUT2D eigenvalue weighted by Gasteiger charge is 2.26. The van der Waals surface area contributed by atoms with E-state index in [4.69, 9.17) is 9.47 Å². The molecule has 0 aromatic rings. The lowest BCUT2D eigenvalue weighted by Crippen LogP contribution is -2.52. The fraction of sp³-hybridized carbons (Fsp3) is 0.957. The Hall–Kier alpha value is -1.26. The van der Waals surface area contributed by atoms with E-state index in [0.717, 1.165) is 71.0 Å². The van der Waals surface area contributed by atoms with Crippen molar-refractivity contribution in [3.63, 3.8) is 0 Å². The molecule has 55 heavy (non-hydrogen) atoms. The molecule has 0 spiro atoms. The summed E-state index contributed by atoms with van der Waals surface area (Å²) in [5, 5.41) is 22.4. The van der Waals surface area contributed by atoms with E-state index in [1.54, 1.807) is 0 Å². The molecule has 9 heteroatoms. The van der Waals surface area contributed by atoms with Gasteiger partial charge < -0.3 is 28.7 Å². The Morgan fingerprint density at radius 3 is 1.13 bits per heavy atom. The van der Waals surface area contributed by atoms with Crippen molar-refractivity contribution in [2.75, 3.05) is 87.2 Å². The van der Waals surface area contributed by atoms with Gasteiger partial charge in [-0.3, -0.25) is 14.5 Å². The fourth-order valence-corrected chi connectivity index (χ4v) is 7.72. The highest BCUT2D eigenvalue weighted by Crippen LogP contribution is 2.14. The molecule has 9 nitrogen and oxygen atoms in total. The number of esters is 2. The maximum absolute atomic E-state index is 12.2. The number of ether oxygens (including phenoxy) is 2. The third-order valence-corrected chi connectivity index (χ3v) is 11.0. The normalized spacial score (nSPS) is 13.3. The minimum absolute atomic E-state index is 0.0876. The first kappa shape index (κ1) is 53.7. The van der Waals surface area contributed by atoms with Crippen molar-refractivity contribution < 1.29 is 38.2 Å². The highest BCUT2D eigenvalue weighted by molar-refractivity contribution is 5.69. The molecule has 0 saturated carbocycles. The molecule has 0 heterocycles. The predicted octanol–water partition coefficient (Wildman–Crippen LogP) is 9.45. The van der Waals surface area contributed by atoms with Crippen molar-refractivity contribution in [2.45, 2.75) is 200 Å². The lowest BCUT2D eigenvalue weighted by Gasteiger charge is -2.36. The second kappa shape index (κ2) is 35.9. The zero-order valence-corrected chi connectivity index (χ0v) is 37.8. The summed E-state index contributed by atoms with van der Waals surface area (Å²) in [6.45, 7) is 12.3. The van der Waals surface area contributed by atoms with Crippen LogP contribution in [0.15, 0.2) is 0 Å². The molecule has 0 saturated heterocycles. The van der Waals surface area contributed by atoms with Crippen LogP contribution in [0.3, 0.4) is 0 Å². The Bertz CT molecular complexity index is 822. The molecule has 0 amide bonds. The molecule has 0 aromatic heterocycles. The van der Waals surface area contributed by atoms with E-state index in [2.05, 4.69) is 53.9 Å². The summed E-state index contributed by atoms with van der Waals surface area (Å²) in [6, 6.07) is 0. The molecule has 0 aliphatic heterocycles. The van der Waals surface area contributed by atoms with Gasteiger partial charge in [-0.1, -0.05) is 143 Å². The second-order valence-corrected chi connectivity index (χ2v) is 18.1. The molecule has 0 rings (SSSR count). The highest BCUT2D eigenvalue weighted by atomic mass is 16.5. The number of hydrogen-bond acceptors (Lipinski definition) is 7. The predicted molar refractivity (Wildman–Crippen MR) is 231 cm³/mol. The van der Waals surface area contributed by atoms with E-state index in [9.17, 15) is 19.8 Å². The van der Waals surface area contributed by atoms with Gasteiger partial charge >= 0.3 is 11.9 Å². The van der Waals surface area contributed by atoms with Crippen LogP contribution in [0.1, 0.15) is 188 Å². The van der Waals surface area contributed by atoms with Gasteiger partial charge in [0, 0.05) is 38.8 Å². The molecular formula is C46H95N3O6+2. The number of hydrogen-bond donors (Lipinski definition) is 2. The van der Waals surface area contributed by atoms with Gasteiger partial charge in [0.1, 0.15) is 25.3 Å². The van der Waals surface area contributed by atoms with E-state index in [1.807, 2.05) is 0 Å². The van der Waals surface area contributed by atoms with Crippen molar-refractivity contribution in [3.8, 4) is 0 Å². The number of nitrogens with zero attached hydrogens (tertiary/aromatic N) is 3. The second-order valence-electron chi connectivity index (χ2n) is 18.1. The van der Waals surface area contributed by atoms with E-state index in [-0.39, 0.29) is 11.9 Å². The van der Waals surface area contributed by atoms with E-state index >= 15 is 0 Å². The van der Waals surface area contributed by atoms with E-state index < -0.39 is 12.2 Å². The largest absolute Gasteiger partial charge is 0.465 e. The van der Waals surface area contributed by atoms with Crippen molar-refractivity contribution in [3.05, 3.63) is 0 Å². The summed E-state index contributed by atoms with van der Waals surface area (Å²) >= 11 is 0.